The molecule has 138 valence electrons. The molecule has 7 nitrogen and oxygen atoms in total. The summed E-state index contributed by atoms with van der Waals surface area (Å²) in [6.07, 6.45) is 3.69. The van der Waals surface area contributed by atoms with Crippen LogP contribution in [0.15, 0.2) is 59.2 Å². The molecule has 3 rings (SSSR count). The Balaban J connectivity index is 1.74. The van der Waals surface area contributed by atoms with Crippen molar-refractivity contribution in [2.75, 3.05) is 6.61 Å². The Morgan fingerprint density at radius 1 is 1.15 bits per heavy atom. The number of nitrogens with zero attached hydrogens (tertiary/aromatic N) is 2. The van der Waals surface area contributed by atoms with Crippen LogP contribution in [0.25, 0.3) is 6.08 Å². The number of unbranched alkanes of at least 4 members (excludes halogenated alkanes) is 1. The van der Waals surface area contributed by atoms with Gasteiger partial charge in [-0.1, -0.05) is 25.5 Å². The monoisotopic (exact) mass is 366 g/mol. The van der Waals surface area contributed by atoms with E-state index in [1.807, 2.05) is 24.3 Å². The first-order chi connectivity index (χ1) is 13.1. The highest BCUT2D eigenvalue weighted by Gasteiger charge is 2.24. The van der Waals surface area contributed by atoms with Crippen LogP contribution < -0.4 is 4.74 Å². The lowest BCUT2D eigenvalue weighted by Crippen LogP contribution is -2.05. The molecule has 0 bridgehead atoms. The van der Waals surface area contributed by atoms with E-state index in [2.05, 4.69) is 11.9 Å². The van der Waals surface area contributed by atoms with Gasteiger partial charge in [0.15, 0.2) is 5.70 Å². The minimum Gasteiger partial charge on any atom is -0.494 e. The van der Waals surface area contributed by atoms with Crippen molar-refractivity contribution in [1.82, 2.24) is 0 Å². The molecule has 0 atom stereocenters. The highest BCUT2D eigenvalue weighted by Crippen LogP contribution is 2.22. The van der Waals surface area contributed by atoms with Gasteiger partial charge in [0, 0.05) is 17.7 Å². The number of hydrogen-bond acceptors (Lipinski definition) is 6. The van der Waals surface area contributed by atoms with Crippen LogP contribution in [-0.4, -0.2) is 23.4 Å². The van der Waals surface area contributed by atoms with Crippen LogP contribution >= 0.6 is 0 Å². The van der Waals surface area contributed by atoms with Gasteiger partial charge in [0.2, 0.25) is 5.90 Å². The summed E-state index contributed by atoms with van der Waals surface area (Å²) in [5, 5.41) is 10.7. The van der Waals surface area contributed by atoms with E-state index in [9.17, 15) is 14.9 Å². The molecule has 0 fully saturated rings. The van der Waals surface area contributed by atoms with Crippen LogP contribution in [0, 0.1) is 10.1 Å². The smallest absolute Gasteiger partial charge is 0.363 e. The molecule has 0 saturated heterocycles. The number of carbonyl (C=O) groups excluding carboxylic acids is 1. The van der Waals surface area contributed by atoms with E-state index < -0.39 is 10.9 Å². The van der Waals surface area contributed by atoms with Crippen molar-refractivity contribution in [3.63, 3.8) is 0 Å². The molecule has 0 radical (unpaired) electrons. The second-order valence-electron chi connectivity index (χ2n) is 5.91. The van der Waals surface area contributed by atoms with Gasteiger partial charge in [-0.05, 0) is 42.3 Å². The topological polar surface area (TPSA) is 91.0 Å². The standard InChI is InChI=1S/C20H18N2O5/c1-2-3-12-26-17-10-4-14(5-11-17)13-18-20(23)27-19(21-18)15-6-8-16(9-7-15)22(24)25/h4-11,13H,2-3,12H2,1H3/b18-13-. The number of nitro benzene ring substituents is 1. The molecule has 1 aliphatic rings. The molecule has 0 aromatic heterocycles. The number of esters is 1. The summed E-state index contributed by atoms with van der Waals surface area (Å²) >= 11 is 0. The second kappa shape index (κ2) is 8.27. The molecule has 0 saturated carbocycles. The Morgan fingerprint density at radius 3 is 2.48 bits per heavy atom. The predicted octanol–water partition coefficient (Wildman–Crippen LogP) is 4.12. The van der Waals surface area contributed by atoms with Gasteiger partial charge in [0.05, 0.1) is 11.5 Å². The fourth-order valence-electron chi connectivity index (χ4n) is 2.41. The van der Waals surface area contributed by atoms with Crippen molar-refractivity contribution in [2.45, 2.75) is 19.8 Å². The second-order valence-corrected chi connectivity index (χ2v) is 5.91. The summed E-state index contributed by atoms with van der Waals surface area (Å²) < 4.78 is 10.8. The van der Waals surface area contributed by atoms with Crippen molar-refractivity contribution in [3.05, 3.63) is 75.5 Å². The zero-order chi connectivity index (χ0) is 19.2. The number of cyclic esters (lactones) is 1. The first-order valence-electron chi connectivity index (χ1n) is 8.57. The maximum Gasteiger partial charge on any atom is 0.363 e. The lowest BCUT2D eigenvalue weighted by atomic mass is 10.2. The van der Waals surface area contributed by atoms with Crippen molar-refractivity contribution in [2.24, 2.45) is 4.99 Å². The Hall–Kier alpha value is -3.48. The van der Waals surface area contributed by atoms with Gasteiger partial charge in [-0.3, -0.25) is 10.1 Å². The number of hydrogen-bond donors (Lipinski definition) is 0. The zero-order valence-corrected chi connectivity index (χ0v) is 14.8. The first-order valence-corrected chi connectivity index (χ1v) is 8.57. The van der Waals surface area contributed by atoms with E-state index in [-0.39, 0.29) is 17.3 Å². The van der Waals surface area contributed by atoms with Gasteiger partial charge in [-0.25, -0.2) is 9.79 Å². The van der Waals surface area contributed by atoms with Gasteiger partial charge >= 0.3 is 5.97 Å². The minimum absolute atomic E-state index is 0.0410. The molecule has 2 aromatic rings. The van der Waals surface area contributed by atoms with Gasteiger partial charge in [0.25, 0.3) is 5.69 Å². The van der Waals surface area contributed by atoms with E-state index in [4.69, 9.17) is 9.47 Å². The third-order valence-corrected chi connectivity index (χ3v) is 3.90. The number of aliphatic imine (C=N–C) groups is 1. The van der Waals surface area contributed by atoms with Crippen LogP contribution in [0.5, 0.6) is 5.75 Å². The Kier molecular flexibility index (Phi) is 5.61. The van der Waals surface area contributed by atoms with Crippen molar-refractivity contribution in [3.8, 4) is 5.75 Å². The molecule has 0 amide bonds. The van der Waals surface area contributed by atoms with Gasteiger partial charge in [0.1, 0.15) is 5.75 Å². The van der Waals surface area contributed by atoms with Crippen LogP contribution in [0.1, 0.15) is 30.9 Å². The number of rotatable bonds is 7. The van der Waals surface area contributed by atoms with Crippen LogP contribution in [0.4, 0.5) is 5.69 Å². The average molecular weight is 366 g/mol. The number of ether oxygens (including phenoxy) is 2. The fourth-order valence-corrected chi connectivity index (χ4v) is 2.41. The summed E-state index contributed by atoms with van der Waals surface area (Å²) in [6.45, 7) is 2.77. The van der Waals surface area contributed by atoms with E-state index in [0.717, 1.165) is 24.2 Å². The van der Waals surface area contributed by atoms with Crippen molar-refractivity contribution in [1.29, 1.82) is 0 Å². The summed E-state index contributed by atoms with van der Waals surface area (Å²) in [7, 11) is 0. The number of nitro groups is 1. The summed E-state index contributed by atoms with van der Waals surface area (Å²) in [5.74, 6) is 0.335. The van der Waals surface area contributed by atoms with E-state index >= 15 is 0 Å². The molecule has 1 aliphatic heterocycles. The van der Waals surface area contributed by atoms with E-state index in [1.54, 1.807) is 6.08 Å². The fraction of sp³-hybridized carbons (Fsp3) is 0.200. The highest BCUT2D eigenvalue weighted by molar-refractivity contribution is 6.12. The molecule has 0 N–H and O–H groups in total. The maximum atomic E-state index is 12.0. The Labute approximate surface area is 156 Å². The van der Waals surface area contributed by atoms with Crippen LogP contribution in [0.3, 0.4) is 0 Å². The largest absolute Gasteiger partial charge is 0.494 e. The number of benzene rings is 2. The molecule has 0 aliphatic carbocycles. The number of carbonyl (C=O) groups is 1. The summed E-state index contributed by atoms with van der Waals surface area (Å²) in [6, 6.07) is 13.0. The third-order valence-electron chi connectivity index (χ3n) is 3.90. The molecular formula is C20H18N2O5. The van der Waals surface area contributed by atoms with E-state index in [0.29, 0.717) is 12.2 Å². The summed E-state index contributed by atoms with van der Waals surface area (Å²) in [5.41, 5.74) is 1.42. The third kappa shape index (κ3) is 4.58. The van der Waals surface area contributed by atoms with Gasteiger partial charge in [-0.15, -0.1) is 0 Å². The van der Waals surface area contributed by atoms with Crippen molar-refractivity contribution >= 4 is 23.6 Å². The van der Waals surface area contributed by atoms with Crippen LogP contribution in [-0.2, 0) is 9.53 Å². The molecule has 0 spiro atoms. The van der Waals surface area contributed by atoms with Crippen LogP contribution in [0.2, 0.25) is 0 Å². The number of non-ortho nitro benzene ring substituents is 1. The average Bonchev–Trinajstić information content (AvgIpc) is 3.04. The van der Waals surface area contributed by atoms with Gasteiger partial charge in [-0.2, -0.15) is 0 Å². The lowest BCUT2D eigenvalue weighted by Gasteiger charge is -2.05. The molecule has 7 heteroatoms. The SMILES string of the molecule is CCCCOc1ccc(/C=C2\N=C(c3ccc([N+](=O)[O-])cc3)OC2=O)cc1. The maximum absolute atomic E-state index is 12.0. The van der Waals surface area contributed by atoms with Gasteiger partial charge < -0.3 is 9.47 Å². The minimum atomic E-state index is -0.563. The molecule has 0 unspecified atom stereocenters. The normalized spacial score (nSPS) is 14.8. The van der Waals surface area contributed by atoms with E-state index in [1.165, 1.54) is 24.3 Å². The predicted molar refractivity (Wildman–Crippen MR) is 101 cm³/mol. The quantitative estimate of drug-likeness (QED) is 0.242. The Morgan fingerprint density at radius 2 is 1.85 bits per heavy atom. The molecule has 27 heavy (non-hydrogen) atoms. The molecule has 1 heterocycles. The molecule has 2 aromatic carbocycles. The Bertz CT molecular complexity index is 899. The van der Waals surface area contributed by atoms with Crippen molar-refractivity contribution < 1.29 is 19.2 Å². The first kappa shape index (κ1) is 18.3. The zero-order valence-electron chi connectivity index (χ0n) is 14.8. The molecular weight excluding hydrogens is 348 g/mol. The lowest BCUT2D eigenvalue weighted by molar-refractivity contribution is -0.384. The summed E-state index contributed by atoms with van der Waals surface area (Å²) in [4.78, 5) is 26.5. The highest BCUT2D eigenvalue weighted by atomic mass is 16.6.